The van der Waals surface area contributed by atoms with Crippen LogP contribution in [0, 0.1) is 0 Å². The van der Waals surface area contributed by atoms with E-state index in [1.165, 1.54) is 0 Å². The van der Waals surface area contributed by atoms with Crippen molar-refractivity contribution in [2.75, 3.05) is 12.3 Å². The van der Waals surface area contributed by atoms with Crippen LogP contribution in [0.1, 0.15) is 12.8 Å². The quantitative estimate of drug-likeness (QED) is 0.387. The molecule has 0 aromatic carbocycles. The molecule has 0 spiro atoms. The van der Waals surface area contributed by atoms with Gasteiger partial charge in [-0.3, -0.25) is 9.59 Å². The number of carbonyl (C=O) groups is 2. The molecule has 0 fully saturated rings. The highest BCUT2D eigenvalue weighted by Gasteiger charge is 2.08. The third-order valence-corrected chi connectivity index (χ3v) is 1.44. The van der Waals surface area contributed by atoms with Gasteiger partial charge in [-0.25, -0.2) is 0 Å². The van der Waals surface area contributed by atoms with Crippen molar-refractivity contribution in [3.63, 3.8) is 0 Å². The molecular formula is C7H16N2O4S. The molecule has 14 heavy (non-hydrogen) atoms. The van der Waals surface area contributed by atoms with Crippen molar-refractivity contribution >= 4 is 24.6 Å². The lowest BCUT2D eigenvalue weighted by molar-refractivity contribution is -0.138. The lowest BCUT2D eigenvalue weighted by Crippen LogP contribution is -2.30. The number of thiol groups is 1. The topological polar surface area (TPSA) is 127 Å². The van der Waals surface area contributed by atoms with Crippen LogP contribution in [-0.2, 0) is 9.59 Å². The molecule has 0 amide bonds. The fourth-order valence-corrected chi connectivity index (χ4v) is 0.461. The van der Waals surface area contributed by atoms with Gasteiger partial charge in [-0.1, -0.05) is 0 Å². The van der Waals surface area contributed by atoms with Crippen LogP contribution in [0.15, 0.2) is 0 Å². The van der Waals surface area contributed by atoms with Gasteiger partial charge in [0.05, 0.1) is 5.75 Å². The molecule has 1 atom stereocenters. The number of hydrogen-bond donors (Lipinski definition) is 5. The van der Waals surface area contributed by atoms with E-state index >= 15 is 0 Å². The molecule has 0 saturated heterocycles. The maximum absolute atomic E-state index is 10.0. The van der Waals surface area contributed by atoms with Crippen molar-refractivity contribution in [1.29, 1.82) is 0 Å². The van der Waals surface area contributed by atoms with Gasteiger partial charge in [0.25, 0.3) is 0 Å². The lowest BCUT2D eigenvalue weighted by Gasteiger charge is -2.02. The molecule has 0 bridgehead atoms. The minimum Gasteiger partial charge on any atom is -0.481 e. The van der Waals surface area contributed by atoms with Gasteiger partial charge in [-0.15, -0.1) is 0 Å². The molecule has 0 heterocycles. The van der Waals surface area contributed by atoms with Crippen molar-refractivity contribution in [1.82, 2.24) is 0 Å². The fraction of sp³-hybridized carbons (Fsp3) is 0.714. The van der Waals surface area contributed by atoms with Crippen molar-refractivity contribution in [3.05, 3.63) is 0 Å². The Morgan fingerprint density at radius 3 is 2.00 bits per heavy atom. The molecule has 1 unspecified atom stereocenters. The Kier molecular flexibility index (Phi) is 11.5. The number of rotatable bonds is 5. The summed E-state index contributed by atoms with van der Waals surface area (Å²) in [5.41, 5.74) is 10.3. The van der Waals surface area contributed by atoms with Crippen LogP contribution < -0.4 is 11.5 Å². The smallest absolute Gasteiger partial charge is 0.320 e. The molecule has 0 aromatic heterocycles. The number of hydrogen-bond acceptors (Lipinski definition) is 5. The summed E-state index contributed by atoms with van der Waals surface area (Å²) in [6.07, 6.45) is 1.14. The number of carboxylic acid groups (broad SMARTS) is 2. The van der Waals surface area contributed by atoms with Gasteiger partial charge >= 0.3 is 11.9 Å². The summed E-state index contributed by atoms with van der Waals surface area (Å²) in [4.78, 5) is 19.3. The van der Waals surface area contributed by atoms with Crippen LogP contribution in [0.2, 0.25) is 0 Å². The summed E-state index contributed by atoms with van der Waals surface area (Å²) in [6, 6.07) is -0.742. The Balaban J connectivity index is 0. The third-order valence-electron chi connectivity index (χ3n) is 1.17. The largest absolute Gasteiger partial charge is 0.481 e. The first kappa shape index (κ1) is 15.7. The lowest BCUT2D eigenvalue weighted by atomic mass is 10.2. The Morgan fingerprint density at radius 2 is 1.79 bits per heavy atom. The zero-order valence-corrected chi connectivity index (χ0v) is 8.61. The standard InChI is InChI=1S/C5H12N2O2.C2H4O2S/c6-3-1-2-4(7)5(8)9;3-2(4)1-5/h4H,1-3,6-7H2,(H,8,9);5H,1H2,(H,3,4). The second kappa shape index (κ2) is 10.3. The maximum Gasteiger partial charge on any atom is 0.320 e. The maximum atomic E-state index is 10.0. The highest BCUT2D eigenvalue weighted by Crippen LogP contribution is 1.91. The van der Waals surface area contributed by atoms with Gasteiger partial charge in [-0.05, 0) is 19.4 Å². The summed E-state index contributed by atoms with van der Waals surface area (Å²) < 4.78 is 0. The van der Waals surface area contributed by atoms with E-state index < -0.39 is 18.0 Å². The molecule has 0 saturated carbocycles. The zero-order chi connectivity index (χ0) is 11.6. The summed E-state index contributed by atoms with van der Waals surface area (Å²) in [7, 11) is 0. The number of nitrogens with two attached hydrogens (primary N) is 2. The van der Waals surface area contributed by atoms with E-state index in [1.54, 1.807) is 0 Å². The van der Waals surface area contributed by atoms with E-state index in [-0.39, 0.29) is 5.75 Å². The molecular weight excluding hydrogens is 208 g/mol. The SMILES string of the molecule is NCCCC(N)C(=O)O.O=C(O)CS. The molecule has 6 N–H and O–H groups in total. The average molecular weight is 224 g/mol. The molecule has 0 rings (SSSR count). The van der Waals surface area contributed by atoms with Crippen molar-refractivity contribution in [2.45, 2.75) is 18.9 Å². The van der Waals surface area contributed by atoms with E-state index in [0.29, 0.717) is 19.4 Å². The minimum atomic E-state index is -0.955. The molecule has 7 heteroatoms. The highest BCUT2D eigenvalue weighted by molar-refractivity contribution is 7.81. The molecule has 0 radical (unpaired) electrons. The van der Waals surface area contributed by atoms with E-state index in [1.807, 2.05) is 0 Å². The summed E-state index contributed by atoms with van der Waals surface area (Å²) in [5.74, 6) is -1.92. The number of carboxylic acids is 2. The van der Waals surface area contributed by atoms with Gasteiger partial charge in [0.15, 0.2) is 0 Å². The average Bonchev–Trinajstić information content (AvgIpc) is 2.14. The zero-order valence-electron chi connectivity index (χ0n) is 7.72. The van der Waals surface area contributed by atoms with Crippen LogP contribution in [0.4, 0.5) is 0 Å². The second-order valence-electron chi connectivity index (χ2n) is 2.43. The van der Waals surface area contributed by atoms with E-state index in [4.69, 9.17) is 21.7 Å². The first-order chi connectivity index (χ1) is 6.45. The van der Waals surface area contributed by atoms with Gasteiger partial charge in [0.1, 0.15) is 6.04 Å². The summed E-state index contributed by atoms with van der Waals surface area (Å²) in [6.45, 7) is 0.501. The van der Waals surface area contributed by atoms with E-state index in [2.05, 4.69) is 12.6 Å². The van der Waals surface area contributed by atoms with Crippen molar-refractivity contribution in [2.24, 2.45) is 11.5 Å². The normalized spacial score (nSPS) is 11.1. The molecule has 0 aromatic rings. The third kappa shape index (κ3) is 13.8. The van der Waals surface area contributed by atoms with E-state index in [9.17, 15) is 9.59 Å². The van der Waals surface area contributed by atoms with Gasteiger partial charge in [0.2, 0.25) is 0 Å². The van der Waals surface area contributed by atoms with Crippen molar-refractivity contribution in [3.8, 4) is 0 Å². The van der Waals surface area contributed by atoms with Gasteiger partial charge in [-0.2, -0.15) is 12.6 Å². The van der Waals surface area contributed by atoms with Crippen LogP contribution >= 0.6 is 12.6 Å². The molecule has 6 nitrogen and oxygen atoms in total. The monoisotopic (exact) mass is 224 g/mol. The van der Waals surface area contributed by atoms with Crippen LogP contribution in [-0.4, -0.2) is 40.5 Å². The second-order valence-corrected chi connectivity index (χ2v) is 2.74. The van der Waals surface area contributed by atoms with Gasteiger partial charge < -0.3 is 21.7 Å². The van der Waals surface area contributed by atoms with Gasteiger partial charge in [0, 0.05) is 0 Å². The summed E-state index contributed by atoms with van der Waals surface area (Å²) >= 11 is 3.42. The van der Waals surface area contributed by atoms with Crippen LogP contribution in [0.5, 0.6) is 0 Å². The first-order valence-corrected chi connectivity index (χ1v) is 4.60. The fourth-order valence-electron chi connectivity index (χ4n) is 0.461. The Labute approximate surface area is 87.7 Å². The Hall–Kier alpha value is -0.790. The number of aliphatic carboxylic acids is 2. The van der Waals surface area contributed by atoms with Crippen molar-refractivity contribution < 1.29 is 19.8 Å². The Morgan fingerprint density at radius 1 is 1.36 bits per heavy atom. The predicted octanol–water partition coefficient (Wildman–Crippen LogP) is -0.862. The summed E-state index contributed by atoms with van der Waals surface area (Å²) in [5, 5.41) is 15.9. The minimum absolute atomic E-state index is 0.0833. The van der Waals surface area contributed by atoms with Crippen LogP contribution in [0.25, 0.3) is 0 Å². The Bertz CT molecular complexity index is 177. The molecule has 0 aliphatic rings. The molecule has 0 aliphatic carbocycles. The molecule has 84 valence electrons. The van der Waals surface area contributed by atoms with E-state index in [0.717, 1.165) is 0 Å². The van der Waals surface area contributed by atoms with Crippen LogP contribution in [0.3, 0.4) is 0 Å². The highest BCUT2D eigenvalue weighted by atomic mass is 32.1. The molecule has 0 aliphatic heterocycles. The first-order valence-electron chi connectivity index (χ1n) is 3.96. The predicted molar refractivity (Wildman–Crippen MR) is 55.4 cm³/mol.